The molecule has 10 heteroatoms. The van der Waals surface area contributed by atoms with Crippen LogP contribution in [0.1, 0.15) is 45.2 Å². The predicted molar refractivity (Wildman–Crippen MR) is 161 cm³/mol. The molecular formula is C30H35Cl2N3O4S. The Balaban J connectivity index is 2.08. The number of nitrogens with one attached hydrogen (secondary N) is 1. The molecule has 0 heterocycles. The topological polar surface area (TPSA) is 86.8 Å². The van der Waals surface area contributed by atoms with Crippen molar-refractivity contribution in [2.75, 3.05) is 10.8 Å². The highest BCUT2D eigenvalue weighted by atomic mass is 35.5. The van der Waals surface area contributed by atoms with E-state index >= 15 is 0 Å². The zero-order valence-corrected chi connectivity index (χ0v) is 25.6. The largest absolute Gasteiger partial charge is 0.350 e. The maximum atomic E-state index is 14.1. The van der Waals surface area contributed by atoms with E-state index in [4.69, 9.17) is 23.2 Å². The van der Waals surface area contributed by atoms with Gasteiger partial charge in [-0.3, -0.25) is 13.9 Å². The number of nitrogens with zero attached hydrogens (tertiary/aromatic N) is 2. The van der Waals surface area contributed by atoms with Gasteiger partial charge in [0.25, 0.3) is 10.0 Å². The smallest absolute Gasteiger partial charge is 0.264 e. The summed E-state index contributed by atoms with van der Waals surface area (Å²) in [6.45, 7) is 8.94. The Kier molecular flexibility index (Phi) is 10.3. The minimum atomic E-state index is -4.21. The summed E-state index contributed by atoms with van der Waals surface area (Å²) in [4.78, 5) is 28.9. The van der Waals surface area contributed by atoms with E-state index in [-0.39, 0.29) is 23.0 Å². The first kappa shape index (κ1) is 31.5. The number of anilines is 1. The predicted octanol–water partition coefficient (Wildman–Crippen LogP) is 6.22. The zero-order valence-electron chi connectivity index (χ0n) is 23.3. The number of hydrogen-bond acceptors (Lipinski definition) is 4. The highest BCUT2D eigenvalue weighted by Gasteiger charge is 2.34. The maximum Gasteiger partial charge on any atom is 0.264 e. The van der Waals surface area contributed by atoms with Gasteiger partial charge in [-0.25, -0.2) is 8.42 Å². The van der Waals surface area contributed by atoms with E-state index in [0.29, 0.717) is 16.5 Å². The first-order valence-electron chi connectivity index (χ1n) is 12.9. The van der Waals surface area contributed by atoms with Crippen LogP contribution in [0, 0.1) is 6.92 Å². The third-order valence-electron chi connectivity index (χ3n) is 6.10. The summed E-state index contributed by atoms with van der Waals surface area (Å²) < 4.78 is 28.8. The van der Waals surface area contributed by atoms with E-state index < -0.39 is 34.1 Å². The van der Waals surface area contributed by atoms with Crippen LogP contribution in [0.3, 0.4) is 0 Å². The van der Waals surface area contributed by atoms with Gasteiger partial charge in [-0.05, 0) is 82.1 Å². The van der Waals surface area contributed by atoms with Crippen molar-refractivity contribution in [2.24, 2.45) is 0 Å². The third-order valence-corrected chi connectivity index (χ3v) is 8.37. The van der Waals surface area contributed by atoms with Gasteiger partial charge in [0.05, 0.1) is 10.6 Å². The SMILES string of the molecule is CC[C@@H](C(=O)NC(C)(C)C)N(Cc1cccc(C)c1)C(=O)CN(c1cccc(Cl)c1)S(=O)(=O)c1ccc(Cl)cc1. The second kappa shape index (κ2) is 13.1. The van der Waals surface area contributed by atoms with Crippen LogP contribution >= 0.6 is 23.2 Å². The normalized spacial score (nSPS) is 12.5. The van der Waals surface area contributed by atoms with Gasteiger partial charge in [0.2, 0.25) is 11.8 Å². The van der Waals surface area contributed by atoms with Crippen LogP contribution in [-0.4, -0.2) is 43.3 Å². The molecule has 0 radical (unpaired) electrons. The molecule has 0 saturated heterocycles. The van der Waals surface area contributed by atoms with Crippen LogP contribution in [-0.2, 0) is 26.2 Å². The van der Waals surface area contributed by atoms with Gasteiger partial charge in [0, 0.05) is 22.1 Å². The van der Waals surface area contributed by atoms with Crippen molar-refractivity contribution in [3.05, 3.63) is 94.0 Å². The van der Waals surface area contributed by atoms with Gasteiger partial charge < -0.3 is 10.2 Å². The molecule has 1 N–H and O–H groups in total. The van der Waals surface area contributed by atoms with Gasteiger partial charge >= 0.3 is 0 Å². The van der Waals surface area contributed by atoms with Gasteiger partial charge in [-0.15, -0.1) is 0 Å². The lowest BCUT2D eigenvalue weighted by Gasteiger charge is -2.34. The Labute approximate surface area is 247 Å². The zero-order chi connectivity index (χ0) is 29.7. The molecule has 0 unspecified atom stereocenters. The van der Waals surface area contributed by atoms with Crippen molar-refractivity contribution in [3.8, 4) is 0 Å². The first-order valence-corrected chi connectivity index (χ1v) is 15.1. The summed E-state index contributed by atoms with van der Waals surface area (Å²) in [6.07, 6.45) is 0.334. The Morgan fingerprint density at radius 3 is 2.15 bits per heavy atom. The third kappa shape index (κ3) is 8.22. The molecule has 0 bridgehead atoms. The fourth-order valence-electron chi connectivity index (χ4n) is 4.27. The first-order chi connectivity index (χ1) is 18.7. The number of hydrogen-bond donors (Lipinski definition) is 1. The lowest BCUT2D eigenvalue weighted by Crippen LogP contribution is -2.55. The van der Waals surface area contributed by atoms with Crippen LogP contribution in [0.2, 0.25) is 10.0 Å². The van der Waals surface area contributed by atoms with Gasteiger partial charge in [0.1, 0.15) is 12.6 Å². The lowest BCUT2D eigenvalue weighted by atomic mass is 10.0. The van der Waals surface area contributed by atoms with Gasteiger partial charge in [-0.2, -0.15) is 0 Å². The Bertz CT molecular complexity index is 1450. The molecule has 0 aromatic heterocycles. The van der Waals surface area contributed by atoms with Crippen LogP contribution in [0.15, 0.2) is 77.7 Å². The van der Waals surface area contributed by atoms with Crippen molar-refractivity contribution in [3.63, 3.8) is 0 Å². The molecule has 7 nitrogen and oxygen atoms in total. The quantitative estimate of drug-likeness (QED) is 0.298. The second-order valence-electron chi connectivity index (χ2n) is 10.6. The second-order valence-corrected chi connectivity index (χ2v) is 13.4. The fourth-order valence-corrected chi connectivity index (χ4v) is 5.99. The number of amides is 2. The highest BCUT2D eigenvalue weighted by molar-refractivity contribution is 7.92. The number of aryl methyl sites for hydroxylation is 1. The number of rotatable bonds is 10. The molecule has 0 fully saturated rings. The molecule has 0 saturated carbocycles. The maximum absolute atomic E-state index is 14.1. The minimum absolute atomic E-state index is 0.0348. The summed E-state index contributed by atoms with van der Waals surface area (Å²) >= 11 is 12.2. The van der Waals surface area contributed by atoms with E-state index in [9.17, 15) is 18.0 Å². The number of carbonyl (C=O) groups excluding carboxylic acids is 2. The molecule has 214 valence electrons. The summed E-state index contributed by atoms with van der Waals surface area (Å²) in [5, 5.41) is 3.65. The molecule has 40 heavy (non-hydrogen) atoms. The molecule has 0 aliphatic carbocycles. The molecule has 0 aliphatic heterocycles. The fraction of sp³-hybridized carbons (Fsp3) is 0.333. The van der Waals surface area contributed by atoms with Gasteiger partial charge in [-0.1, -0.05) is 66.0 Å². The Morgan fingerprint density at radius 2 is 1.57 bits per heavy atom. The van der Waals surface area contributed by atoms with Crippen molar-refractivity contribution in [2.45, 2.75) is 64.1 Å². The number of benzene rings is 3. The summed E-state index contributed by atoms with van der Waals surface area (Å²) in [7, 11) is -4.21. The van der Waals surface area contributed by atoms with Gasteiger partial charge in [0.15, 0.2) is 0 Å². The number of sulfonamides is 1. The molecule has 0 aliphatic rings. The van der Waals surface area contributed by atoms with Crippen molar-refractivity contribution in [1.82, 2.24) is 10.2 Å². The van der Waals surface area contributed by atoms with E-state index in [1.807, 2.05) is 58.9 Å². The van der Waals surface area contributed by atoms with Crippen LogP contribution in [0.25, 0.3) is 0 Å². The minimum Gasteiger partial charge on any atom is -0.350 e. The molecule has 3 aromatic rings. The molecule has 0 spiro atoms. The van der Waals surface area contributed by atoms with Crippen molar-refractivity contribution < 1.29 is 18.0 Å². The molecule has 1 atom stereocenters. The van der Waals surface area contributed by atoms with E-state index in [2.05, 4.69) is 5.32 Å². The molecule has 2 amide bonds. The monoisotopic (exact) mass is 603 g/mol. The summed E-state index contributed by atoms with van der Waals surface area (Å²) in [6, 6.07) is 18.8. The molecule has 3 aromatic carbocycles. The Morgan fingerprint density at radius 1 is 0.925 bits per heavy atom. The Hall–Kier alpha value is -3.07. The van der Waals surface area contributed by atoms with Crippen molar-refractivity contribution >= 4 is 50.7 Å². The van der Waals surface area contributed by atoms with Crippen LogP contribution in [0.4, 0.5) is 5.69 Å². The standard InChI is InChI=1S/C30H35Cl2N3O4S/c1-6-27(29(37)33-30(3,4)5)34(19-22-10-7-9-21(2)17-22)28(36)20-35(25-12-8-11-24(32)18-25)40(38,39)26-15-13-23(31)14-16-26/h7-18,27H,6,19-20H2,1-5H3,(H,33,37)/t27-/m0/s1. The average Bonchev–Trinajstić information content (AvgIpc) is 2.86. The molecular weight excluding hydrogens is 569 g/mol. The summed E-state index contributed by atoms with van der Waals surface area (Å²) in [5.41, 5.74) is 1.53. The number of halogens is 2. The van der Waals surface area contributed by atoms with Crippen LogP contribution < -0.4 is 9.62 Å². The highest BCUT2D eigenvalue weighted by Crippen LogP contribution is 2.28. The average molecular weight is 605 g/mol. The van der Waals surface area contributed by atoms with E-state index in [1.165, 1.54) is 35.2 Å². The molecule has 3 rings (SSSR count). The summed E-state index contributed by atoms with van der Waals surface area (Å²) in [5.74, 6) is -0.846. The van der Waals surface area contributed by atoms with Crippen LogP contribution in [0.5, 0.6) is 0 Å². The van der Waals surface area contributed by atoms with E-state index in [0.717, 1.165) is 15.4 Å². The lowest BCUT2D eigenvalue weighted by molar-refractivity contribution is -0.141. The number of carbonyl (C=O) groups is 2. The van der Waals surface area contributed by atoms with Crippen molar-refractivity contribution in [1.29, 1.82) is 0 Å². The van der Waals surface area contributed by atoms with E-state index in [1.54, 1.807) is 18.2 Å².